The Morgan fingerprint density at radius 1 is 0.968 bits per heavy atom. The van der Waals surface area contributed by atoms with Gasteiger partial charge >= 0.3 is 0 Å². The molecule has 5 nitrogen and oxygen atoms in total. The van der Waals surface area contributed by atoms with Gasteiger partial charge in [-0.05, 0) is 42.8 Å². The number of hydrogen-bond acceptors (Lipinski definition) is 3. The average molecular weight is 412 g/mol. The Morgan fingerprint density at radius 2 is 1.71 bits per heavy atom. The van der Waals surface area contributed by atoms with Crippen LogP contribution in [-0.2, 0) is 11.3 Å². The number of rotatable bonds is 6. The number of hydrogen-bond donors (Lipinski definition) is 0. The van der Waals surface area contributed by atoms with Crippen LogP contribution in [0.2, 0.25) is 0 Å². The first-order chi connectivity index (χ1) is 15.2. The van der Waals surface area contributed by atoms with Crippen molar-refractivity contribution in [2.24, 2.45) is 0 Å². The van der Waals surface area contributed by atoms with Crippen molar-refractivity contribution in [2.75, 3.05) is 18.1 Å². The maximum Gasteiger partial charge on any atom is 0.227 e. The molecule has 1 amide bonds. The number of fused-ring (bicyclic) bond motifs is 1. The first-order valence-electron chi connectivity index (χ1n) is 10.7. The number of imidazole rings is 1. The number of para-hydroxylation sites is 4. The largest absolute Gasteiger partial charge is 0.492 e. The summed E-state index contributed by atoms with van der Waals surface area (Å²) in [5.74, 6) is 2.02. The van der Waals surface area contributed by atoms with Gasteiger partial charge in [0, 0.05) is 24.6 Å². The molecular weight excluding hydrogens is 386 g/mol. The topological polar surface area (TPSA) is 47.4 Å². The van der Waals surface area contributed by atoms with E-state index in [-0.39, 0.29) is 11.8 Å². The van der Waals surface area contributed by atoms with E-state index in [9.17, 15) is 4.79 Å². The minimum absolute atomic E-state index is 0.0521. The molecule has 0 bridgehead atoms. The highest BCUT2D eigenvalue weighted by molar-refractivity contribution is 5.97. The fraction of sp³-hybridized carbons (Fsp3) is 0.231. The molecule has 1 atom stereocenters. The first kappa shape index (κ1) is 19.4. The Morgan fingerprint density at radius 3 is 2.55 bits per heavy atom. The zero-order chi connectivity index (χ0) is 21.2. The summed E-state index contributed by atoms with van der Waals surface area (Å²) in [5.41, 5.74) is 4.14. The molecule has 0 N–H and O–H groups in total. The fourth-order valence-electron chi connectivity index (χ4n) is 4.39. The summed E-state index contributed by atoms with van der Waals surface area (Å²) in [6.07, 6.45) is 0.469. The van der Waals surface area contributed by atoms with Crippen molar-refractivity contribution in [3.63, 3.8) is 0 Å². The molecule has 4 aromatic rings. The molecule has 0 spiro atoms. The van der Waals surface area contributed by atoms with Crippen LogP contribution in [0.25, 0.3) is 11.0 Å². The standard InChI is InChI=1S/C26H25N3O2/c1-19-9-5-7-13-23(19)29-18-20(17-25(29)30)26-27-22-12-6-8-14-24(22)28(26)15-16-31-21-10-3-2-4-11-21/h2-14,20H,15-18H2,1H3/t20-/m0/s1. The number of nitrogens with zero attached hydrogens (tertiary/aromatic N) is 3. The maximum absolute atomic E-state index is 12.9. The van der Waals surface area contributed by atoms with E-state index in [0.29, 0.717) is 26.1 Å². The van der Waals surface area contributed by atoms with Gasteiger partial charge in [-0.2, -0.15) is 0 Å². The second-order valence-electron chi connectivity index (χ2n) is 7.96. The van der Waals surface area contributed by atoms with Crippen molar-refractivity contribution >= 4 is 22.6 Å². The predicted octanol–water partition coefficient (Wildman–Crippen LogP) is 4.94. The Bertz CT molecular complexity index is 1220. The van der Waals surface area contributed by atoms with E-state index in [1.54, 1.807) is 0 Å². The number of aryl methyl sites for hydroxylation is 1. The van der Waals surface area contributed by atoms with E-state index in [1.165, 1.54) is 0 Å². The van der Waals surface area contributed by atoms with E-state index >= 15 is 0 Å². The van der Waals surface area contributed by atoms with Crippen LogP contribution in [-0.4, -0.2) is 28.6 Å². The Labute approximate surface area is 181 Å². The van der Waals surface area contributed by atoms with Crippen molar-refractivity contribution in [2.45, 2.75) is 25.8 Å². The lowest BCUT2D eigenvalue weighted by atomic mass is 10.1. The van der Waals surface area contributed by atoms with Crippen LogP contribution < -0.4 is 9.64 Å². The van der Waals surface area contributed by atoms with Crippen LogP contribution in [0, 0.1) is 6.92 Å². The molecular formula is C26H25N3O2. The van der Waals surface area contributed by atoms with Gasteiger partial charge in [-0.3, -0.25) is 4.79 Å². The lowest BCUT2D eigenvalue weighted by molar-refractivity contribution is -0.117. The molecule has 1 aliphatic heterocycles. The van der Waals surface area contributed by atoms with Crippen molar-refractivity contribution in [1.82, 2.24) is 9.55 Å². The molecule has 2 heterocycles. The van der Waals surface area contributed by atoms with Crippen molar-refractivity contribution < 1.29 is 9.53 Å². The Hall–Kier alpha value is -3.60. The summed E-state index contributed by atoms with van der Waals surface area (Å²) >= 11 is 0. The summed E-state index contributed by atoms with van der Waals surface area (Å²) in [7, 11) is 0. The van der Waals surface area contributed by atoms with Gasteiger partial charge in [-0.25, -0.2) is 4.98 Å². The van der Waals surface area contributed by atoms with E-state index in [4.69, 9.17) is 9.72 Å². The Balaban J connectivity index is 1.42. The molecule has 5 heteroatoms. The van der Waals surface area contributed by atoms with E-state index in [0.717, 1.165) is 33.9 Å². The van der Waals surface area contributed by atoms with E-state index in [2.05, 4.69) is 10.6 Å². The van der Waals surface area contributed by atoms with Crippen LogP contribution in [0.4, 0.5) is 5.69 Å². The molecule has 1 aliphatic rings. The number of carbonyl (C=O) groups excluding carboxylic acids is 1. The van der Waals surface area contributed by atoms with Gasteiger partial charge in [0.05, 0.1) is 17.6 Å². The molecule has 0 radical (unpaired) electrons. The van der Waals surface area contributed by atoms with Gasteiger partial charge in [-0.1, -0.05) is 48.5 Å². The highest BCUT2D eigenvalue weighted by atomic mass is 16.5. The maximum atomic E-state index is 12.9. The number of aromatic nitrogens is 2. The van der Waals surface area contributed by atoms with E-state index < -0.39 is 0 Å². The van der Waals surface area contributed by atoms with Gasteiger partial charge in [0.2, 0.25) is 5.91 Å². The minimum Gasteiger partial charge on any atom is -0.492 e. The number of ether oxygens (including phenoxy) is 1. The van der Waals surface area contributed by atoms with E-state index in [1.807, 2.05) is 84.6 Å². The van der Waals surface area contributed by atoms with Crippen LogP contribution in [0.3, 0.4) is 0 Å². The molecule has 0 aliphatic carbocycles. The van der Waals surface area contributed by atoms with Gasteiger partial charge in [0.15, 0.2) is 0 Å². The molecule has 1 aromatic heterocycles. The van der Waals surface area contributed by atoms with Crippen LogP contribution in [0.1, 0.15) is 23.7 Å². The number of anilines is 1. The third-order valence-electron chi connectivity index (χ3n) is 5.91. The molecule has 1 fully saturated rings. The molecule has 3 aromatic carbocycles. The summed E-state index contributed by atoms with van der Waals surface area (Å²) in [6, 6.07) is 26.0. The fourth-order valence-corrected chi connectivity index (χ4v) is 4.39. The molecule has 0 saturated carbocycles. The molecule has 5 rings (SSSR count). The van der Waals surface area contributed by atoms with Crippen molar-refractivity contribution in [3.8, 4) is 5.75 Å². The van der Waals surface area contributed by atoms with Crippen molar-refractivity contribution in [3.05, 3.63) is 90.3 Å². The van der Waals surface area contributed by atoms with Gasteiger partial charge in [0.25, 0.3) is 0 Å². The minimum atomic E-state index is 0.0521. The van der Waals surface area contributed by atoms with Crippen LogP contribution in [0.15, 0.2) is 78.9 Å². The average Bonchev–Trinajstić information content (AvgIpc) is 3.35. The Kier molecular flexibility index (Phi) is 5.16. The number of benzene rings is 3. The first-order valence-corrected chi connectivity index (χ1v) is 10.7. The highest BCUT2D eigenvalue weighted by Gasteiger charge is 2.35. The normalized spacial score (nSPS) is 16.2. The smallest absolute Gasteiger partial charge is 0.227 e. The summed E-state index contributed by atoms with van der Waals surface area (Å²) in [6.45, 7) is 3.91. The van der Waals surface area contributed by atoms with Crippen LogP contribution in [0.5, 0.6) is 5.75 Å². The van der Waals surface area contributed by atoms with Gasteiger partial charge in [-0.15, -0.1) is 0 Å². The second-order valence-corrected chi connectivity index (χ2v) is 7.96. The number of carbonyl (C=O) groups is 1. The van der Waals surface area contributed by atoms with Gasteiger partial charge < -0.3 is 14.2 Å². The second kappa shape index (κ2) is 8.26. The molecule has 31 heavy (non-hydrogen) atoms. The summed E-state index contributed by atoms with van der Waals surface area (Å²) in [4.78, 5) is 19.7. The zero-order valence-corrected chi connectivity index (χ0v) is 17.6. The predicted molar refractivity (Wildman–Crippen MR) is 123 cm³/mol. The molecule has 0 unspecified atom stereocenters. The molecule has 156 valence electrons. The lowest BCUT2D eigenvalue weighted by Gasteiger charge is -2.19. The third kappa shape index (κ3) is 3.79. The quantitative estimate of drug-likeness (QED) is 0.451. The third-order valence-corrected chi connectivity index (χ3v) is 5.91. The van der Waals surface area contributed by atoms with Crippen LogP contribution >= 0.6 is 0 Å². The monoisotopic (exact) mass is 411 g/mol. The number of amides is 1. The zero-order valence-electron chi connectivity index (χ0n) is 17.6. The molecule has 1 saturated heterocycles. The summed E-state index contributed by atoms with van der Waals surface area (Å²) < 4.78 is 8.17. The SMILES string of the molecule is Cc1ccccc1N1C[C@@H](c2nc3ccccc3n2CCOc2ccccc2)CC1=O. The lowest BCUT2D eigenvalue weighted by Crippen LogP contribution is -2.25. The highest BCUT2D eigenvalue weighted by Crippen LogP contribution is 2.34. The van der Waals surface area contributed by atoms with Gasteiger partial charge in [0.1, 0.15) is 18.2 Å². The van der Waals surface area contributed by atoms with Crippen molar-refractivity contribution in [1.29, 1.82) is 0 Å². The summed E-state index contributed by atoms with van der Waals surface area (Å²) in [5, 5.41) is 0.